The minimum absolute atomic E-state index is 0.410. The van der Waals surface area contributed by atoms with E-state index in [1.54, 1.807) is 0 Å². The maximum Gasteiger partial charge on any atom is 0.106 e. The van der Waals surface area contributed by atoms with Gasteiger partial charge >= 0.3 is 0 Å². The summed E-state index contributed by atoms with van der Waals surface area (Å²) in [5, 5.41) is 0.677. The Bertz CT molecular complexity index is 427. The quantitative estimate of drug-likeness (QED) is 0.853. The number of thiocarbonyl (C=S) groups is 1. The van der Waals surface area contributed by atoms with Gasteiger partial charge in [-0.2, -0.15) is 0 Å². The van der Waals surface area contributed by atoms with E-state index in [1.165, 1.54) is 25.7 Å². The maximum atomic E-state index is 5.99. The van der Waals surface area contributed by atoms with Crippen LogP contribution in [0.4, 0.5) is 5.69 Å². The van der Waals surface area contributed by atoms with Crippen LogP contribution in [-0.4, -0.2) is 18.1 Å². The fourth-order valence-corrected chi connectivity index (χ4v) is 2.84. The van der Waals surface area contributed by atoms with E-state index in [9.17, 15) is 0 Å². The van der Waals surface area contributed by atoms with Gasteiger partial charge in [-0.05, 0) is 31.0 Å². The Balaban J connectivity index is 2.33. The topological polar surface area (TPSA) is 29.3 Å². The van der Waals surface area contributed by atoms with Gasteiger partial charge < -0.3 is 10.6 Å². The second-order valence-corrected chi connectivity index (χ2v) is 5.45. The van der Waals surface area contributed by atoms with Gasteiger partial charge in [-0.1, -0.05) is 36.7 Å². The van der Waals surface area contributed by atoms with E-state index >= 15 is 0 Å². The van der Waals surface area contributed by atoms with E-state index in [0.29, 0.717) is 16.1 Å². The predicted octanol–water partition coefficient (Wildman–Crippen LogP) is 3.35. The molecule has 0 bridgehead atoms. The van der Waals surface area contributed by atoms with Crippen LogP contribution in [0.1, 0.15) is 31.2 Å². The fraction of sp³-hybridized carbons (Fsp3) is 0.462. The molecule has 0 atom stereocenters. The Morgan fingerprint density at radius 3 is 2.65 bits per heavy atom. The molecule has 2 nitrogen and oxygen atoms in total. The Morgan fingerprint density at radius 2 is 2.06 bits per heavy atom. The summed E-state index contributed by atoms with van der Waals surface area (Å²) in [5.41, 5.74) is 7.73. The molecule has 0 saturated heterocycles. The molecule has 1 aromatic rings. The summed E-state index contributed by atoms with van der Waals surface area (Å²) in [6.07, 6.45) is 5.11. The lowest BCUT2D eigenvalue weighted by atomic mass is 10.1. The van der Waals surface area contributed by atoms with Crippen molar-refractivity contribution in [3.8, 4) is 0 Å². The van der Waals surface area contributed by atoms with Crippen molar-refractivity contribution in [1.82, 2.24) is 0 Å². The van der Waals surface area contributed by atoms with E-state index in [1.807, 2.05) is 18.2 Å². The van der Waals surface area contributed by atoms with Gasteiger partial charge in [0.2, 0.25) is 0 Å². The van der Waals surface area contributed by atoms with Gasteiger partial charge in [-0.3, -0.25) is 0 Å². The summed E-state index contributed by atoms with van der Waals surface area (Å²) in [6.45, 7) is 0. The van der Waals surface area contributed by atoms with E-state index in [-0.39, 0.29) is 0 Å². The van der Waals surface area contributed by atoms with Crippen LogP contribution in [0.2, 0.25) is 5.02 Å². The summed E-state index contributed by atoms with van der Waals surface area (Å²) in [6, 6.07) is 6.36. The van der Waals surface area contributed by atoms with Crippen LogP contribution in [0.25, 0.3) is 0 Å². The molecular formula is C13H17ClN2S. The lowest BCUT2D eigenvalue weighted by Crippen LogP contribution is -2.30. The van der Waals surface area contributed by atoms with E-state index in [2.05, 4.69) is 11.9 Å². The number of anilines is 1. The molecular weight excluding hydrogens is 252 g/mol. The minimum atomic E-state index is 0.410. The Hall–Kier alpha value is -0.800. The van der Waals surface area contributed by atoms with Crippen LogP contribution in [0.5, 0.6) is 0 Å². The fourth-order valence-electron chi connectivity index (χ4n) is 2.50. The molecule has 0 amide bonds. The Morgan fingerprint density at radius 1 is 1.41 bits per heavy atom. The van der Waals surface area contributed by atoms with Crippen LogP contribution in [-0.2, 0) is 0 Å². The zero-order chi connectivity index (χ0) is 12.4. The van der Waals surface area contributed by atoms with Crippen LogP contribution in [0, 0.1) is 0 Å². The average molecular weight is 269 g/mol. The molecule has 0 spiro atoms. The van der Waals surface area contributed by atoms with Gasteiger partial charge in [0.1, 0.15) is 4.99 Å². The number of hydrogen-bond donors (Lipinski definition) is 1. The lowest BCUT2D eigenvalue weighted by Gasteiger charge is -2.28. The molecule has 1 saturated carbocycles. The molecule has 1 aliphatic rings. The Labute approximate surface area is 113 Å². The highest BCUT2D eigenvalue weighted by Gasteiger charge is 2.22. The van der Waals surface area contributed by atoms with E-state index < -0.39 is 0 Å². The zero-order valence-corrected chi connectivity index (χ0v) is 11.5. The third kappa shape index (κ3) is 2.72. The largest absolute Gasteiger partial charge is 0.389 e. The first-order valence-electron chi connectivity index (χ1n) is 5.92. The second kappa shape index (κ2) is 5.23. The van der Waals surface area contributed by atoms with Crippen molar-refractivity contribution in [3.63, 3.8) is 0 Å². The molecule has 1 aliphatic carbocycles. The summed E-state index contributed by atoms with van der Waals surface area (Å²) < 4.78 is 0. The van der Waals surface area contributed by atoms with Crippen molar-refractivity contribution in [2.45, 2.75) is 31.7 Å². The molecule has 17 heavy (non-hydrogen) atoms. The highest BCUT2D eigenvalue weighted by molar-refractivity contribution is 7.80. The van der Waals surface area contributed by atoms with Crippen LogP contribution >= 0.6 is 23.8 Å². The van der Waals surface area contributed by atoms with Gasteiger partial charge in [0.05, 0.1) is 0 Å². The van der Waals surface area contributed by atoms with Crippen molar-refractivity contribution < 1.29 is 0 Å². The van der Waals surface area contributed by atoms with E-state index in [4.69, 9.17) is 29.6 Å². The standard InChI is InChI=1S/C13H17ClN2S/c1-16(10-4-2-3-5-10)12-7-6-9(14)8-11(12)13(15)17/h6-8,10H,2-5H2,1H3,(H2,15,17). The molecule has 4 heteroatoms. The maximum absolute atomic E-state index is 5.99. The molecule has 0 heterocycles. The minimum Gasteiger partial charge on any atom is -0.389 e. The van der Waals surface area contributed by atoms with Crippen LogP contribution < -0.4 is 10.6 Å². The van der Waals surface area contributed by atoms with Crippen molar-refractivity contribution >= 4 is 34.5 Å². The number of benzene rings is 1. The number of rotatable bonds is 3. The molecule has 0 radical (unpaired) electrons. The van der Waals surface area contributed by atoms with Crippen molar-refractivity contribution in [3.05, 3.63) is 28.8 Å². The normalized spacial score (nSPS) is 16.1. The smallest absolute Gasteiger partial charge is 0.106 e. The first kappa shape index (κ1) is 12.7. The molecule has 1 fully saturated rings. The zero-order valence-electron chi connectivity index (χ0n) is 9.95. The summed E-state index contributed by atoms with van der Waals surface area (Å²) in [5.74, 6) is 0. The van der Waals surface area contributed by atoms with Gasteiger partial charge in [0, 0.05) is 29.4 Å². The first-order valence-corrected chi connectivity index (χ1v) is 6.70. The highest BCUT2D eigenvalue weighted by atomic mass is 35.5. The average Bonchev–Trinajstić information content (AvgIpc) is 2.81. The highest BCUT2D eigenvalue weighted by Crippen LogP contribution is 2.30. The SMILES string of the molecule is CN(c1ccc(Cl)cc1C(N)=S)C1CCCC1. The molecule has 1 aromatic carbocycles. The van der Waals surface area contributed by atoms with Crippen molar-refractivity contribution in [2.24, 2.45) is 5.73 Å². The van der Waals surface area contributed by atoms with Gasteiger partial charge in [-0.15, -0.1) is 0 Å². The Kier molecular flexibility index (Phi) is 3.89. The summed E-state index contributed by atoms with van der Waals surface area (Å²) in [7, 11) is 2.11. The molecule has 92 valence electrons. The first-order chi connectivity index (χ1) is 8.09. The number of nitrogens with two attached hydrogens (primary N) is 1. The lowest BCUT2D eigenvalue weighted by molar-refractivity contribution is 0.653. The second-order valence-electron chi connectivity index (χ2n) is 4.57. The summed E-state index contributed by atoms with van der Waals surface area (Å²) in [4.78, 5) is 2.70. The third-order valence-electron chi connectivity index (χ3n) is 3.48. The van der Waals surface area contributed by atoms with Gasteiger partial charge in [-0.25, -0.2) is 0 Å². The molecule has 2 N–H and O–H groups in total. The third-order valence-corrected chi connectivity index (χ3v) is 3.93. The van der Waals surface area contributed by atoms with Crippen molar-refractivity contribution in [2.75, 3.05) is 11.9 Å². The number of nitrogens with zero attached hydrogens (tertiary/aromatic N) is 1. The predicted molar refractivity (Wildman–Crippen MR) is 78.0 cm³/mol. The molecule has 0 unspecified atom stereocenters. The summed E-state index contributed by atoms with van der Waals surface area (Å²) >= 11 is 11.1. The van der Waals surface area contributed by atoms with Crippen LogP contribution in [0.3, 0.4) is 0 Å². The van der Waals surface area contributed by atoms with Gasteiger partial charge in [0.15, 0.2) is 0 Å². The monoisotopic (exact) mass is 268 g/mol. The number of halogens is 1. The molecule has 0 aliphatic heterocycles. The molecule has 0 aromatic heterocycles. The van der Waals surface area contributed by atoms with Crippen molar-refractivity contribution in [1.29, 1.82) is 0 Å². The van der Waals surface area contributed by atoms with Crippen LogP contribution in [0.15, 0.2) is 18.2 Å². The van der Waals surface area contributed by atoms with E-state index in [0.717, 1.165) is 11.3 Å². The molecule has 2 rings (SSSR count). The van der Waals surface area contributed by atoms with Gasteiger partial charge in [0.25, 0.3) is 0 Å². The number of hydrogen-bond acceptors (Lipinski definition) is 2.